The maximum Gasteiger partial charge on any atom is 0.224 e. The molecule has 5 rings (SSSR count). The van der Waals surface area contributed by atoms with Crippen LogP contribution in [0.25, 0.3) is 0 Å². The van der Waals surface area contributed by atoms with Gasteiger partial charge < -0.3 is 10.2 Å². The topological polar surface area (TPSA) is 52.7 Å². The summed E-state index contributed by atoms with van der Waals surface area (Å²) in [6, 6.07) is 25.9. The Hall–Kier alpha value is -3.86. The van der Waals surface area contributed by atoms with E-state index in [9.17, 15) is 9.59 Å². The zero-order valence-electron chi connectivity index (χ0n) is 21.2. The monoisotopic (exact) mass is 479 g/mol. The van der Waals surface area contributed by atoms with Crippen molar-refractivity contribution < 1.29 is 9.59 Å². The average Bonchev–Trinajstić information content (AvgIpc) is 3.05. The Bertz CT molecular complexity index is 1290. The first-order valence-electron chi connectivity index (χ1n) is 12.8. The third-order valence-electron chi connectivity index (χ3n) is 7.44. The van der Waals surface area contributed by atoms with Gasteiger partial charge in [-0.05, 0) is 61.6 Å². The molecule has 1 heterocycles. The number of benzene rings is 3. The van der Waals surface area contributed by atoms with Crippen molar-refractivity contribution in [2.75, 3.05) is 28.2 Å². The van der Waals surface area contributed by atoms with Gasteiger partial charge in [0.1, 0.15) is 0 Å². The first-order chi connectivity index (χ1) is 17.5. The van der Waals surface area contributed by atoms with Crippen LogP contribution < -0.4 is 15.1 Å². The Balaban J connectivity index is 1.59. The van der Waals surface area contributed by atoms with Crippen molar-refractivity contribution in [1.29, 1.82) is 0 Å². The summed E-state index contributed by atoms with van der Waals surface area (Å²) in [6.45, 7) is 7.82. The van der Waals surface area contributed by atoms with Gasteiger partial charge in [0.15, 0.2) is 5.78 Å². The van der Waals surface area contributed by atoms with Crippen molar-refractivity contribution in [3.05, 3.63) is 101 Å². The van der Waals surface area contributed by atoms with Gasteiger partial charge >= 0.3 is 0 Å². The minimum Gasteiger partial charge on any atom is -0.372 e. The van der Waals surface area contributed by atoms with Crippen LogP contribution >= 0.6 is 0 Å². The summed E-state index contributed by atoms with van der Waals surface area (Å²) in [6.07, 6.45) is 1.14. The van der Waals surface area contributed by atoms with Crippen LogP contribution in [-0.4, -0.2) is 24.8 Å². The van der Waals surface area contributed by atoms with Crippen LogP contribution in [0.15, 0.2) is 90.1 Å². The molecule has 0 fully saturated rings. The van der Waals surface area contributed by atoms with Gasteiger partial charge in [-0.1, -0.05) is 54.6 Å². The van der Waals surface area contributed by atoms with Crippen molar-refractivity contribution in [2.45, 2.75) is 45.6 Å². The van der Waals surface area contributed by atoms with Gasteiger partial charge in [-0.15, -0.1) is 0 Å². The number of rotatable bonds is 5. The second-order valence-corrected chi connectivity index (χ2v) is 9.53. The molecule has 0 unspecified atom stereocenters. The molecular formula is C31H33N3O2. The number of nitrogens with zero attached hydrogens (tertiary/aromatic N) is 2. The number of anilines is 3. The van der Waals surface area contributed by atoms with E-state index in [2.05, 4.69) is 48.3 Å². The zero-order valence-corrected chi connectivity index (χ0v) is 21.2. The summed E-state index contributed by atoms with van der Waals surface area (Å²) in [5.41, 5.74) is 6.57. The van der Waals surface area contributed by atoms with Crippen molar-refractivity contribution in [2.24, 2.45) is 0 Å². The van der Waals surface area contributed by atoms with E-state index in [-0.39, 0.29) is 17.6 Å². The summed E-state index contributed by atoms with van der Waals surface area (Å²) in [5, 5.41) is 3.58. The lowest BCUT2D eigenvalue weighted by Gasteiger charge is -2.34. The van der Waals surface area contributed by atoms with Gasteiger partial charge in [-0.2, -0.15) is 0 Å². The smallest absolute Gasteiger partial charge is 0.224 e. The summed E-state index contributed by atoms with van der Waals surface area (Å²) in [7, 11) is 0. The molecule has 1 N–H and O–H groups in total. The number of carbonyl (C=O) groups excluding carboxylic acids is 2. The predicted octanol–water partition coefficient (Wildman–Crippen LogP) is 6.45. The highest BCUT2D eigenvalue weighted by Gasteiger charge is 2.40. The van der Waals surface area contributed by atoms with E-state index >= 15 is 0 Å². The average molecular weight is 480 g/mol. The van der Waals surface area contributed by atoms with Crippen molar-refractivity contribution in [1.82, 2.24) is 0 Å². The van der Waals surface area contributed by atoms with E-state index in [0.29, 0.717) is 12.0 Å². The molecule has 0 spiro atoms. The molecular weight excluding hydrogens is 446 g/mol. The Morgan fingerprint density at radius 1 is 0.889 bits per heavy atom. The van der Waals surface area contributed by atoms with E-state index in [1.165, 1.54) is 11.3 Å². The summed E-state index contributed by atoms with van der Waals surface area (Å²) in [4.78, 5) is 31.0. The molecule has 0 saturated heterocycles. The number of fused-ring (bicyclic) bond motifs is 1. The maximum absolute atomic E-state index is 13.9. The quantitative estimate of drug-likeness (QED) is 0.457. The van der Waals surface area contributed by atoms with Crippen LogP contribution in [-0.2, 0) is 9.59 Å². The summed E-state index contributed by atoms with van der Waals surface area (Å²) < 4.78 is 0. The molecule has 36 heavy (non-hydrogen) atoms. The van der Waals surface area contributed by atoms with E-state index in [1.54, 1.807) is 11.8 Å². The highest BCUT2D eigenvalue weighted by molar-refractivity contribution is 6.06. The highest BCUT2D eigenvalue weighted by Crippen LogP contribution is 2.47. The van der Waals surface area contributed by atoms with Gasteiger partial charge in [-0.25, -0.2) is 0 Å². The maximum atomic E-state index is 13.9. The molecule has 0 aromatic heterocycles. The van der Waals surface area contributed by atoms with Crippen molar-refractivity contribution >= 4 is 28.8 Å². The van der Waals surface area contributed by atoms with E-state index in [4.69, 9.17) is 0 Å². The van der Waals surface area contributed by atoms with Gasteiger partial charge in [0.2, 0.25) is 5.91 Å². The minimum absolute atomic E-state index is 0.0852. The molecule has 5 heteroatoms. The number of allylic oxidation sites excluding steroid dienone is 1. The van der Waals surface area contributed by atoms with Crippen LogP contribution in [0.4, 0.5) is 17.1 Å². The summed E-state index contributed by atoms with van der Waals surface area (Å²) >= 11 is 0. The van der Waals surface area contributed by atoms with Gasteiger partial charge in [0, 0.05) is 43.4 Å². The number of ketones is 1. The lowest BCUT2D eigenvalue weighted by atomic mass is 9.78. The molecule has 1 amide bonds. The van der Waals surface area contributed by atoms with Crippen LogP contribution in [0.1, 0.15) is 56.7 Å². The first kappa shape index (κ1) is 23.9. The minimum atomic E-state index is -0.464. The van der Waals surface area contributed by atoms with Gasteiger partial charge in [0.05, 0.1) is 17.4 Å². The third kappa shape index (κ3) is 4.30. The van der Waals surface area contributed by atoms with Crippen LogP contribution in [0.2, 0.25) is 0 Å². The highest BCUT2D eigenvalue weighted by atomic mass is 16.2. The van der Waals surface area contributed by atoms with Gasteiger partial charge in [0.25, 0.3) is 0 Å². The number of amides is 1. The lowest BCUT2D eigenvalue weighted by Crippen LogP contribution is -2.37. The number of para-hydroxylation sites is 2. The Kier molecular flexibility index (Phi) is 6.64. The van der Waals surface area contributed by atoms with Gasteiger partial charge in [-0.3, -0.25) is 14.5 Å². The number of carbonyl (C=O) groups is 2. The molecule has 0 saturated carbocycles. The Morgan fingerprint density at radius 3 is 2.22 bits per heavy atom. The molecule has 1 aliphatic heterocycles. The summed E-state index contributed by atoms with van der Waals surface area (Å²) in [5.74, 6) is 0.0882. The number of hydrogen-bond donors (Lipinski definition) is 1. The number of Topliss-reactive ketones (excluding diaryl/α,β-unsaturated/α-hetero) is 1. The van der Waals surface area contributed by atoms with E-state index in [0.717, 1.165) is 42.1 Å². The number of hydrogen-bond acceptors (Lipinski definition) is 4. The molecule has 184 valence electrons. The lowest BCUT2D eigenvalue weighted by molar-refractivity contribution is -0.117. The molecule has 2 aliphatic rings. The van der Waals surface area contributed by atoms with Crippen molar-refractivity contribution in [3.63, 3.8) is 0 Å². The largest absolute Gasteiger partial charge is 0.372 e. The fourth-order valence-electron chi connectivity index (χ4n) is 5.67. The Morgan fingerprint density at radius 2 is 1.56 bits per heavy atom. The molecule has 3 aromatic rings. The number of nitrogens with one attached hydrogen (secondary N) is 1. The zero-order chi connectivity index (χ0) is 25.2. The van der Waals surface area contributed by atoms with Crippen LogP contribution in [0, 0.1) is 0 Å². The molecule has 2 atom stereocenters. The first-order valence-corrected chi connectivity index (χ1v) is 12.8. The molecule has 0 bridgehead atoms. The normalized spacial score (nSPS) is 19.2. The predicted molar refractivity (Wildman–Crippen MR) is 146 cm³/mol. The molecule has 0 radical (unpaired) electrons. The standard InChI is InChI=1S/C31H33N3O2/c1-4-33(5-2)25-17-15-22(16-18-25)24-19-27-30(29(36)20-24)31(23-11-7-6-8-12-23)34(21(3)35)28-14-10-9-13-26(28)32-27/h6-18,24,31-32H,4-5,19-20H2,1-3H3/t24-,31+/m0/s1. The van der Waals surface area contributed by atoms with E-state index < -0.39 is 6.04 Å². The van der Waals surface area contributed by atoms with Crippen LogP contribution in [0.3, 0.4) is 0 Å². The van der Waals surface area contributed by atoms with E-state index in [1.807, 2.05) is 54.6 Å². The second-order valence-electron chi connectivity index (χ2n) is 9.53. The van der Waals surface area contributed by atoms with Crippen molar-refractivity contribution in [3.8, 4) is 0 Å². The SMILES string of the molecule is CCN(CC)c1ccc([C@@H]2CC(=O)C3=C(C2)Nc2ccccc2N(C(C)=O)[C@@H]3c2ccccc2)cc1. The Labute approximate surface area is 213 Å². The van der Waals surface area contributed by atoms with Crippen LogP contribution in [0.5, 0.6) is 0 Å². The fraction of sp³-hybridized carbons (Fsp3) is 0.290. The fourth-order valence-corrected chi connectivity index (χ4v) is 5.67. The second kappa shape index (κ2) is 10.0. The third-order valence-corrected chi connectivity index (χ3v) is 7.44. The molecule has 1 aliphatic carbocycles. The molecule has 5 nitrogen and oxygen atoms in total. The molecule has 3 aromatic carbocycles.